The van der Waals surface area contributed by atoms with E-state index in [-0.39, 0.29) is 41.4 Å². The minimum Gasteiger partial charge on any atom is -0.298 e. The lowest BCUT2D eigenvalue weighted by Gasteiger charge is -2.25. The number of aromatic nitrogens is 4. The second-order valence-electron chi connectivity index (χ2n) is 10.3. The Balaban J connectivity index is 1.22. The number of aryl methyl sites for hydroxylation is 1. The molecular formula is C26H23F4N5O3S. The number of nitrogens with zero attached hydrogens (tertiary/aromatic N) is 5. The van der Waals surface area contributed by atoms with Crippen LogP contribution in [0.15, 0.2) is 47.6 Å². The zero-order valence-electron chi connectivity index (χ0n) is 20.5. The number of benzene rings is 1. The standard InChI is InChI=1S/C26H23F4N5O3S/c27-17-3-6-20(7-4-17)39(37,38)35-19-9-15(10-19)23(35)22(36)8-5-18-11-21(34-24(33-18)14-1-2-14)16-12-31-25(32-13-16)26(28,29)30/h3-4,6-7,11-15,19,23H,1-2,5,8-10H2/t15?,19?,23-/m0/s1. The Labute approximate surface area is 221 Å². The second-order valence-corrected chi connectivity index (χ2v) is 12.1. The number of hydrogen-bond donors (Lipinski definition) is 0. The molecule has 204 valence electrons. The van der Waals surface area contributed by atoms with Crippen molar-refractivity contribution in [3.8, 4) is 11.3 Å². The third-order valence-electron chi connectivity index (χ3n) is 7.52. The molecule has 2 aromatic heterocycles. The van der Waals surface area contributed by atoms with Crippen molar-refractivity contribution in [3.05, 3.63) is 65.9 Å². The van der Waals surface area contributed by atoms with Crippen molar-refractivity contribution >= 4 is 15.8 Å². The molecule has 2 saturated carbocycles. The minimum absolute atomic E-state index is 0.0351. The molecule has 1 aromatic carbocycles. The van der Waals surface area contributed by atoms with Gasteiger partial charge in [0, 0.05) is 42.0 Å². The van der Waals surface area contributed by atoms with Crippen molar-refractivity contribution < 1.29 is 30.8 Å². The molecule has 13 heteroatoms. The lowest BCUT2D eigenvalue weighted by molar-refractivity contribution is -0.145. The summed E-state index contributed by atoms with van der Waals surface area (Å²) in [5, 5.41) is 0. The molecule has 39 heavy (non-hydrogen) atoms. The fourth-order valence-electron chi connectivity index (χ4n) is 5.33. The maximum atomic E-state index is 13.4. The number of Topliss-reactive ketones (excluding diaryl/α,β-unsaturated/α-hetero) is 1. The van der Waals surface area contributed by atoms with Crippen molar-refractivity contribution in [3.63, 3.8) is 0 Å². The number of ketones is 1. The van der Waals surface area contributed by atoms with Gasteiger partial charge in [0.25, 0.3) is 0 Å². The predicted octanol–water partition coefficient (Wildman–Crippen LogP) is 4.32. The van der Waals surface area contributed by atoms with Gasteiger partial charge in [0.2, 0.25) is 15.8 Å². The number of carbonyl (C=O) groups is 1. The molecule has 2 saturated heterocycles. The molecule has 3 aromatic rings. The van der Waals surface area contributed by atoms with E-state index in [1.54, 1.807) is 6.07 Å². The van der Waals surface area contributed by atoms with Crippen LogP contribution in [0.4, 0.5) is 17.6 Å². The molecule has 0 radical (unpaired) electrons. The predicted molar refractivity (Wildman–Crippen MR) is 129 cm³/mol. The monoisotopic (exact) mass is 561 g/mol. The van der Waals surface area contributed by atoms with Crippen LogP contribution in [-0.2, 0) is 27.4 Å². The van der Waals surface area contributed by atoms with Crippen LogP contribution in [0, 0.1) is 11.7 Å². The Morgan fingerprint density at radius 1 is 1.03 bits per heavy atom. The topological polar surface area (TPSA) is 106 Å². The molecule has 2 bridgehead atoms. The Hall–Kier alpha value is -3.32. The summed E-state index contributed by atoms with van der Waals surface area (Å²) in [5.74, 6) is -1.39. The highest BCUT2D eigenvalue weighted by Gasteiger charge is 2.58. The van der Waals surface area contributed by atoms with Crippen molar-refractivity contribution in [1.29, 1.82) is 0 Å². The lowest BCUT2D eigenvalue weighted by Crippen LogP contribution is -2.41. The highest BCUT2D eigenvalue weighted by molar-refractivity contribution is 7.89. The minimum atomic E-state index is -4.66. The van der Waals surface area contributed by atoms with E-state index in [0.29, 0.717) is 35.6 Å². The summed E-state index contributed by atoms with van der Waals surface area (Å²) in [6.07, 6.45) is 0.721. The zero-order chi connectivity index (χ0) is 27.5. The number of rotatable bonds is 8. The number of fused-ring (bicyclic) bond motifs is 1. The van der Waals surface area contributed by atoms with Crippen molar-refractivity contribution in [1.82, 2.24) is 24.2 Å². The van der Waals surface area contributed by atoms with Gasteiger partial charge in [-0.15, -0.1) is 0 Å². The van der Waals surface area contributed by atoms with Crippen LogP contribution in [0.5, 0.6) is 0 Å². The number of alkyl halides is 3. The number of sulfonamides is 1. The smallest absolute Gasteiger partial charge is 0.298 e. The second kappa shape index (κ2) is 9.40. The van der Waals surface area contributed by atoms with Crippen LogP contribution in [0.25, 0.3) is 11.3 Å². The molecule has 0 N–H and O–H groups in total. The van der Waals surface area contributed by atoms with E-state index in [2.05, 4.69) is 19.9 Å². The normalized spacial score (nSPS) is 23.0. The molecule has 4 heterocycles. The van der Waals surface area contributed by atoms with Gasteiger partial charge in [-0.3, -0.25) is 4.79 Å². The van der Waals surface area contributed by atoms with Gasteiger partial charge in [0.1, 0.15) is 11.6 Å². The van der Waals surface area contributed by atoms with E-state index in [1.165, 1.54) is 16.4 Å². The Morgan fingerprint density at radius 3 is 2.31 bits per heavy atom. The Morgan fingerprint density at radius 2 is 1.69 bits per heavy atom. The van der Waals surface area contributed by atoms with E-state index in [1.807, 2.05) is 0 Å². The van der Waals surface area contributed by atoms with Crippen LogP contribution in [0.2, 0.25) is 0 Å². The summed E-state index contributed by atoms with van der Waals surface area (Å²) in [6, 6.07) is 5.12. The quantitative estimate of drug-likeness (QED) is 0.377. The molecule has 7 rings (SSSR count). The molecule has 4 fully saturated rings. The van der Waals surface area contributed by atoms with Gasteiger partial charge in [-0.25, -0.2) is 32.7 Å². The van der Waals surface area contributed by atoms with Crippen molar-refractivity contribution in [2.24, 2.45) is 5.92 Å². The van der Waals surface area contributed by atoms with Gasteiger partial charge >= 0.3 is 6.18 Å². The van der Waals surface area contributed by atoms with Crippen LogP contribution >= 0.6 is 0 Å². The maximum absolute atomic E-state index is 13.4. The lowest BCUT2D eigenvalue weighted by atomic mass is 9.81. The summed E-state index contributed by atoms with van der Waals surface area (Å²) in [5.41, 5.74) is 1.20. The Bertz CT molecular complexity index is 1520. The number of carbonyl (C=O) groups excluding carboxylic acids is 1. The molecule has 2 aliphatic heterocycles. The van der Waals surface area contributed by atoms with E-state index in [9.17, 15) is 30.8 Å². The Kier molecular flexibility index (Phi) is 6.25. The number of halogens is 4. The van der Waals surface area contributed by atoms with Crippen molar-refractivity contribution in [2.45, 2.75) is 67.6 Å². The maximum Gasteiger partial charge on any atom is 0.451 e. The summed E-state index contributed by atoms with van der Waals surface area (Å²) >= 11 is 0. The highest BCUT2D eigenvalue weighted by Crippen LogP contribution is 2.49. The van der Waals surface area contributed by atoms with E-state index in [4.69, 9.17) is 0 Å². The zero-order valence-corrected chi connectivity index (χ0v) is 21.3. The molecule has 0 amide bonds. The molecule has 0 unspecified atom stereocenters. The summed E-state index contributed by atoms with van der Waals surface area (Å²) in [4.78, 5) is 29.2. The molecule has 1 atom stereocenters. The average molecular weight is 562 g/mol. The SMILES string of the molecule is O=C(CCc1cc(-c2cnc(C(F)(F)F)nc2)nc(C2CC2)n1)[C@@H]1C2CC(C2)N1S(=O)(=O)c1ccc(F)cc1. The first-order chi connectivity index (χ1) is 18.5. The fourth-order valence-corrected chi connectivity index (χ4v) is 7.21. The molecule has 2 aliphatic carbocycles. The third kappa shape index (κ3) is 4.93. The largest absolute Gasteiger partial charge is 0.451 e. The first-order valence-electron chi connectivity index (χ1n) is 12.6. The fraction of sp³-hybridized carbons (Fsp3) is 0.423. The summed E-state index contributed by atoms with van der Waals surface area (Å²) in [7, 11) is -3.98. The molecule has 0 spiro atoms. The molecule has 4 aliphatic rings. The first-order valence-corrected chi connectivity index (χ1v) is 14.0. The van der Waals surface area contributed by atoms with Crippen LogP contribution < -0.4 is 0 Å². The van der Waals surface area contributed by atoms with Gasteiger partial charge in [-0.1, -0.05) is 0 Å². The summed E-state index contributed by atoms with van der Waals surface area (Å²) in [6.45, 7) is 0. The van der Waals surface area contributed by atoms with E-state index in [0.717, 1.165) is 37.4 Å². The van der Waals surface area contributed by atoms with Crippen LogP contribution in [0.3, 0.4) is 0 Å². The van der Waals surface area contributed by atoms with Gasteiger partial charge in [-0.2, -0.15) is 17.5 Å². The van der Waals surface area contributed by atoms with E-state index >= 15 is 0 Å². The van der Waals surface area contributed by atoms with E-state index < -0.39 is 33.9 Å². The summed E-state index contributed by atoms with van der Waals surface area (Å²) < 4.78 is 79.9. The molecular weight excluding hydrogens is 538 g/mol. The van der Waals surface area contributed by atoms with Gasteiger partial charge in [0.15, 0.2) is 5.78 Å². The van der Waals surface area contributed by atoms with Gasteiger partial charge in [-0.05, 0) is 68.4 Å². The third-order valence-corrected chi connectivity index (χ3v) is 9.47. The highest BCUT2D eigenvalue weighted by atomic mass is 32.2. The molecule has 8 nitrogen and oxygen atoms in total. The average Bonchev–Trinajstić information content (AvgIpc) is 3.56. The first kappa shape index (κ1) is 25.9. The van der Waals surface area contributed by atoms with Gasteiger partial charge < -0.3 is 0 Å². The van der Waals surface area contributed by atoms with Crippen LogP contribution in [-0.4, -0.2) is 50.5 Å². The van der Waals surface area contributed by atoms with Gasteiger partial charge in [0.05, 0.1) is 16.6 Å². The van der Waals surface area contributed by atoms with Crippen LogP contribution in [0.1, 0.15) is 55.4 Å². The number of hydrogen-bond acceptors (Lipinski definition) is 7. The van der Waals surface area contributed by atoms with Crippen molar-refractivity contribution in [2.75, 3.05) is 0 Å².